The molecular formula is C22H28FN7O2. The van der Waals surface area contributed by atoms with Crippen LogP contribution in [0.2, 0.25) is 0 Å². The highest BCUT2D eigenvalue weighted by Crippen LogP contribution is 2.24. The Labute approximate surface area is 186 Å². The normalized spacial score (nSPS) is 11.8. The van der Waals surface area contributed by atoms with Gasteiger partial charge in [0.1, 0.15) is 11.5 Å². The summed E-state index contributed by atoms with van der Waals surface area (Å²) in [6, 6.07) is 6.34. The van der Waals surface area contributed by atoms with Crippen LogP contribution < -0.4 is 16.0 Å². The molecule has 1 atom stereocenters. The molecule has 0 saturated carbocycles. The molecular weight excluding hydrogens is 413 g/mol. The maximum absolute atomic E-state index is 13.1. The number of aryl methyl sites for hydroxylation is 1. The van der Waals surface area contributed by atoms with E-state index in [4.69, 9.17) is 4.74 Å². The lowest BCUT2D eigenvalue weighted by atomic mass is 10.2. The Kier molecular flexibility index (Phi) is 7.72. The molecule has 1 unspecified atom stereocenters. The number of nitrogens with one attached hydrogen (secondary N) is 3. The standard InChI is InChI=1S/C22H28FN7O2/c1-14(32-4)9-19(31)28-20-15(2)27-22(29-21(20)24-3)25-10-17-11-26-30(13-17)12-16-5-7-18(23)8-6-16/h5-8,11,13-14H,9-10,12H2,1-4H3,(H,28,31)(H2,24,25,27,29). The number of hydrogen-bond acceptors (Lipinski definition) is 7. The summed E-state index contributed by atoms with van der Waals surface area (Å²) >= 11 is 0. The number of anilines is 3. The monoisotopic (exact) mass is 441 g/mol. The first-order valence-electron chi connectivity index (χ1n) is 10.3. The number of aromatic nitrogens is 4. The van der Waals surface area contributed by atoms with E-state index >= 15 is 0 Å². The molecule has 0 aliphatic heterocycles. The molecule has 2 aromatic heterocycles. The molecule has 0 radical (unpaired) electrons. The van der Waals surface area contributed by atoms with Gasteiger partial charge in [-0.1, -0.05) is 12.1 Å². The minimum Gasteiger partial charge on any atom is -0.381 e. The number of hydrogen-bond donors (Lipinski definition) is 3. The zero-order valence-corrected chi connectivity index (χ0v) is 18.6. The number of rotatable bonds is 10. The van der Waals surface area contributed by atoms with Crippen LogP contribution in [0, 0.1) is 12.7 Å². The predicted molar refractivity (Wildman–Crippen MR) is 121 cm³/mol. The molecule has 2 heterocycles. The van der Waals surface area contributed by atoms with E-state index in [1.165, 1.54) is 12.1 Å². The van der Waals surface area contributed by atoms with Crippen LogP contribution in [0.15, 0.2) is 36.7 Å². The predicted octanol–water partition coefficient (Wildman–Crippen LogP) is 3.19. The number of halogens is 1. The molecule has 10 heteroatoms. The Morgan fingerprint density at radius 2 is 1.97 bits per heavy atom. The molecule has 0 aliphatic rings. The molecule has 0 saturated heterocycles. The summed E-state index contributed by atoms with van der Waals surface area (Å²) in [6.07, 6.45) is 3.72. The van der Waals surface area contributed by atoms with Gasteiger partial charge in [0.15, 0.2) is 5.82 Å². The van der Waals surface area contributed by atoms with Crippen LogP contribution in [0.4, 0.5) is 21.8 Å². The van der Waals surface area contributed by atoms with Crippen LogP contribution in [0.3, 0.4) is 0 Å². The first-order chi connectivity index (χ1) is 15.4. The van der Waals surface area contributed by atoms with Gasteiger partial charge in [0.05, 0.1) is 31.0 Å². The summed E-state index contributed by atoms with van der Waals surface area (Å²) in [4.78, 5) is 21.2. The van der Waals surface area contributed by atoms with E-state index in [9.17, 15) is 9.18 Å². The van der Waals surface area contributed by atoms with Crippen molar-refractivity contribution in [2.75, 3.05) is 30.1 Å². The van der Waals surface area contributed by atoms with Gasteiger partial charge in [0, 0.05) is 32.5 Å². The van der Waals surface area contributed by atoms with Gasteiger partial charge in [-0.25, -0.2) is 9.37 Å². The second-order valence-corrected chi connectivity index (χ2v) is 7.43. The summed E-state index contributed by atoms with van der Waals surface area (Å²) in [6.45, 7) is 4.67. The van der Waals surface area contributed by atoms with Crippen molar-refractivity contribution in [3.63, 3.8) is 0 Å². The quantitative estimate of drug-likeness (QED) is 0.444. The van der Waals surface area contributed by atoms with Crippen LogP contribution in [0.1, 0.15) is 30.2 Å². The van der Waals surface area contributed by atoms with Crippen molar-refractivity contribution in [2.45, 2.75) is 39.5 Å². The van der Waals surface area contributed by atoms with Crippen molar-refractivity contribution in [1.29, 1.82) is 0 Å². The number of benzene rings is 1. The minimum absolute atomic E-state index is 0.170. The summed E-state index contributed by atoms with van der Waals surface area (Å²) in [7, 11) is 3.30. The van der Waals surface area contributed by atoms with Crippen molar-refractivity contribution < 1.29 is 13.9 Å². The topological polar surface area (TPSA) is 106 Å². The molecule has 0 aliphatic carbocycles. The van der Waals surface area contributed by atoms with Gasteiger partial charge in [0.2, 0.25) is 11.9 Å². The van der Waals surface area contributed by atoms with Crippen LogP contribution >= 0.6 is 0 Å². The molecule has 1 amide bonds. The fourth-order valence-electron chi connectivity index (χ4n) is 3.06. The number of methoxy groups -OCH3 is 1. The number of nitrogens with zero attached hydrogens (tertiary/aromatic N) is 4. The Morgan fingerprint density at radius 3 is 2.66 bits per heavy atom. The molecule has 1 aromatic carbocycles. The summed E-state index contributed by atoms with van der Waals surface area (Å²) < 4.78 is 20.0. The summed E-state index contributed by atoms with van der Waals surface area (Å²) in [5.41, 5.74) is 3.09. The molecule has 3 aromatic rings. The second kappa shape index (κ2) is 10.7. The lowest BCUT2D eigenvalue weighted by molar-refractivity contribution is -0.118. The van der Waals surface area contributed by atoms with E-state index in [0.717, 1.165) is 11.1 Å². The average Bonchev–Trinajstić information content (AvgIpc) is 3.22. The van der Waals surface area contributed by atoms with Gasteiger partial charge >= 0.3 is 0 Å². The van der Waals surface area contributed by atoms with E-state index in [2.05, 4.69) is 31.0 Å². The summed E-state index contributed by atoms with van der Waals surface area (Å²) in [5.74, 6) is 0.522. The van der Waals surface area contributed by atoms with Crippen molar-refractivity contribution in [2.24, 2.45) is 0 Å². The maximum atomic E-state index is 13.1. The Balaban J connectivity index is 1.63. The first-order valence-corrected chi connectivity index (χ1v) is 10.3. The van der Waals surface area contributed by atoms with Crippen molar-refractivity contribution >= 4 is 23.4 Å². The fourth-order valence-corrected chi connectivity index (χ4v) is 3.06. The van der Waals surface area contributed by atoms with Crippen LogP contribution in [0.5, 0.6) is 0 Å². The Bertz CT molecular complexity index is 1050. The highest BCUT2D eigenvalue weighted by molar-refractivity contribution is 5.94. The van der Waals surface area contributed by atoms with Crippen LogP contribution in [0.25, 0.3) is 0 Å². The highest BCUT2D eigenvalue weighted by Gasteiger charge is 2.15. The largest absolute Gasteiger partial charge is 0.381 e. The van der Waals surface area contributed by atoms with Gasteiger partial charge in [-0.05, 0) is 31.5 Å². The fraction of sp³-hybridized carbons (Fsp3) is 0.364. The average molecular weight is 442 g/mol. The number of amides is 1. The van der Waals surface area contributed by atoms with E-state index < -0.39 is 0 Å². The third-order valence-corrected chi connectivity index (χ3v) is 4.86. The third kappa shape index (κ3) is 6.24. The van der Waals surface area contributed by atoms with Crippen LogP contribution in [-0.2, 0) is 22.6 Å². The molecule has 3 rings (SSSR count). The minimum atomic E-state index is -0.259. The molecule has 0 spiro atoms. The van der Waals surface area contributed by atoms with Gasteiger partial charge in [0.25, 0.3) is 0 Å². The molecule has 0 bridgehead atoms. The van der Waals surface area contributed by atoms with Crippen LogP contribution in [-0.4, -0.2) is 45.9 Å². The zero-order valence-electron chi connectivity index (χ0n) is 18.6. The van der Waals surface area contributed by atoms with E-state index in [1.54, 1.807) is 37.2 Å². The van der Waals surface area contributed by atoms with E-state index in [-0.39, 0.29) is 24.2 Å². The van der Waals surface area contributed by atoms with Gasteiger partial charge in [-0.2, -0.15) is 10.1 Å². The van der Waals surface area contributed by atoms with Gasteiger partial charge in [-0.15, -0.1) is 0 Å². The van der Waals surface area contributed by atoms with Crippen molar-refractivity contribution in [3.8, 4) is 0 Å². The van der Waals surface area contributed by atoms with Crippen molar-refractivity contribution in [3.05, 3.63) is 59.3 Å². The highest BCUT2D eigenvalue weighted by atomic mass is 19.1. The smallest absolute Gasteiger partial charge is 0.227 e. The number of carbonyl (C=O) groups is 1. The second-order valence-electron chi connectivity index (χ2n) is 7.43. The lowest BCUT2D eigenvalue weighted by Crippen LogP contribution is -2.21. The maximum Gasteiger partial charge on any atom is 0.227 e. The Hall–Kier alpha value is -3.53. The zero-order chi connectivity index (χ0) is 23.1. The molecule has 170 valence electrons. The lowest BCUT2D eigenvalue weighted by Gasteiger charge is -2.15. The molecule has 0 fully saturated rings. The SMILES string of the molecule is CNc1nc(NCc2cnn(Cc3ccc(F)cc3)c2)nc(C)c1NC(=O)CC(C)OC. The van der Waals surface area contributed by atoms with E-state index in [0.29, 0.717) is 36.2 Å². The van der Waals surface area contributed by atoms with E-state index in [1.807, 2.05) is 20.0 Å². The molecule has 32 heavy (non-hydrogen) atoms. The summed E-state index contributed by atoms with van der Waals surface area (Å²) in [5, 5.41) is 13.4. The van der Waals surface area contributed by atoms with Crippen molar-refractivity contribution in [1.82, 2.24) is 19.7 Å². The van der Waals surface area contributed by atoms with Gasteiger partial charge < -0.3 is 20.7 Å². The van der Waals surface area contributed by atoms with Gasteiger partial charge in [-0.3, -0.25) is 9.48 Å². The molecule has 9 nitrogen and oxygen atoms in total. The number of ether oxygens (including phenoxy) is 1. The third-order valence-electron chi connectivity index (χ3n) is 4.86. The first kappa shape index (κ1) is 23.1. The molecule has 3 N–H and O–H groups in total. The number of carbonyl (C=O) groups excluding carboxylic acids is 1. The Morgan fingerprint density at radius 1 is 1.22 bits per heavy atom.